The molecule has 3 fully saturated rings. The number of alkyl halides is 2. The largest absolute Gasteiger partial charge is 0.507 e. The Morgan fingerprint density at radius 3 is 2.08 bits per heavy atom. The number of anilines is 2. The highest BCUT2D eigenvalue weighted by molar-refractivity contribution is 6.53. The first-order valence-corrected chi connectivity index (χ1v) is 17.0. The van der Waals surface area contributed by atoms with Crippen LogP contribution in [-0.2, 0) is 19.2 Å². The average Bonchev–Trinajstić information content (AvgIpc) is 3.45. The molecule has 3 aromatic rings. The van der Waals surface area contributed by atoms with E-state index in [1.165, 1.54) is 33.4 Å². The standard InChI is InChI=1S/C37H35Cl2N5O7/c1-42(2)21-10-6-19(7-11-21)40-41-20-8-12-22(13-9-20)44-32(46)25-15-14-24-26(29(25)33(44)47)18-36(38)34(48)43(3)35(49)37(36,39)31(24)30-27(45)16-23(50-4)17-28(30)51-5/h6-14,16-17,25-26,29,31,45H,15,18H2,1-5H3. The molecule has 51 heavy (non-hydrogen) atoms. The Morgan fingerprint density at radius 2 is 1.49 bits per heavy atom. The third kappa shape index (κ3) is 5.02. The van der Waals surface area contributed by atoms with E-state index in [-0.39, 0.29) is 35.7 Å². The van der Waals surface area contributed by atoms with Gasteiger partial charge < -0.3 is 19.5 Å². The molecule has 14 heteroatoms. The highest BCUT2D eigenvalue weighted by Crippen LogP contribution is 2.67. The van der Waals surface area contributed by atoms with Crippen LogP contribution in [0.3, 0.4) is 0 Å². The molecule has 7 rings (SSSR count). The summed E-state index contributed by atoms with van der Waals surface area (Å²) in [6.07, 6.45) is 1.77. The highest BCUT2D eigenvalue weighted by atomic mass is 35.5. The van der Waals surface area contributed by atoms with Crippen molar-refractivity contribution >= 4 is 69.6 Å². The fourth-order valence-corrected chi connectivity index (χ4v) is 9.08. The lowest BCUT2D eigenvalue weighted by molar-refractivity contribution is -0.138. The van der Waals surface area contributed by atoms with E-state index in [0.29, 0.717) is 22.6 Å². The van der Waals surface area contributed by atoms with Gasteiger partial charge in [0.2, 0.25) is 11.8 Å². The zero-order valence-electron chi connectivity index (χ0n) is 28.5. The summed E-state index contributed by atoms with van der Waals surface area (Å²) in [5, 5.41) is 20.0. The Bertz CT molecular complexity index is 2040. The van der Waals surface area contributed by atoms with Gasteiger partial charge in [-0.3, -0.25) is 29.0 Å². The van der Waals surface area contributed by atoms with Crippen LogP contribution in [-0.4, -0.2) is 78.7 Å². The van der Waals surface area contributed by atoms with Crippen LogP contribution in [0.2, 0.25) is 0 Å². The van der Waals surface area contributed by atoms with E-state index < -0.39 is 57.0 Å². The average molecular weight is 733 g/mol. The number of rotatable bonds is 7. The van der Waals surface area contributed by atoms with Gasteiger partial charge in [-0.15, -0.1) is 23.2 Å². The molecule has 0 bridgehead atoms. The Morgan fingerprint density at radius 1 is 0.863 bits per heavy atom. The summed E-state index contributed by atoms with van der Waals surface area (Å²) in [5.41, 5.74) is 3.22. The van der Waals surface area contributed by atoms with Crippen molar-refractivity contribution in [2.75, 3.05) is 45.2 Å². The van der Waals surface area contributed by atoms with Crippen molar-refractivity contribution in [1.82, 2.24) is 4.90 Å². The van der Waals surface area contributed by atoms with E-state index in [9.17, 15) is 24.3 Å². The zero-order valence-corrected chi connectivity index (χ0v) is 30.0. The van der Waals surface area contributed by atoms with Crippen LogP contribution in [0.4, 0.5) is 22.7 Å². The molecule has 6 atom stereocenters. The number of carbonyl (C=O) groups is 4. The van der Waals surface area contributed by atoms with Gasteiger partial charge in [0, 0.05) is 50.4 Å². The maximum absolute atomic E-state index is 14.4. The Hall–Kier alpha value is -4.94. The number of phenolic OH excluding ortho intramolecular Hbond substituents is 1. The summed E-state index contributed by atoms with van der Waals surface area (Å²) >= 11 is 14.5. The molecule has 0 aromatic heterocycles. The number of halogens is 2. The van der Waals surface area contributed by atoms with Crippen LogP contribution in [0.1, 0.15) is 24.3 Å². The van der Waals surface area contributed by atoms with Crippen molar-refractivity contribution < 1.29 is 33.8 Å². The van der Waals surface area contributed by atoms with Gasteiger partial charge in [0.25, 0.3) is 11.8 Å². The van der Waals surface area contributed by atoms with E-state index in [0.717, 1.165) is 15.5 Å². The van der Waals surface area contributed by atoms with E-state index in [1.807, 2.05) is 43.3 Å². The van der Waals surface area contributed by atoms with Crippen LogP contribution in [0, 0.1) is 17.8 Å². The van der Waals surface area contributed by atoms with Crippen molar-refractivity contribution in [3.05, 3.63) is 77.9 Å². The predicted octanol–water partition coefficient (Wildman–Crippen LogP) is 6.08. The molecule has 2 aliphatic heterocycles. The Kier molecular flexibility index (Phi) is 8.38. The SMILES string of the molecule is COc1cc(O)c(C2C3=CCC4C(=O)N(c5ccc(N=Nc6ccc(N(C)C)cc6)cc5)C(=O)C4C3CC3(Cl)C(=O)N(C)C(=O)C23Cl)c(OC)c1. The molecule has 264 valence electrons. The first-order chi connectivity index (χ1) is 24.3. The van der Waals surface area contributed by atoms with E-state index in [2.05, 4.69) is 10.2 Å². The number of ether oxygens (including phenoxy) is 2. The lowest BCUT2D eigenvalue weighted by atomic mass is 9.56. The van der Waals surface area contributed by atoms with Crippen LogP contribution in [0.25, 0.3) is 0 Å². The van der Waals surface area contributed by atoms with Crippen molar-refractivity contribution in [3.8, 4) is 17.2 Å². The summed E-state index contributed by atoms with van der Waals surface area (Å²) in [7, 11) is 8.01. The Balaban J connectivity index is 1.24. The third-order valence-corrected chi connectivity index (χ3v) is 12.0. The molecule has 0 spiro atoms. The number of benzene rings is 3. The fraction of sp³-hybridized carbons (Fsp3) is 0.351. The van der Waals surface area contributed by atoms with Crippen LogP contribution >= 0.6 is 23.2 Å². The maximum atomic E-state index is 14.4. The molecule has 0 radical (unpaired) electrons. The maximum Gasteiger partial charge on any atom is 0.253 e. The van der Waals surface area contributed by atoms with Gasteiger partial charge in [-0.1, -0.05) is 11.6 Å². The number of carbonyl (C=O) groups excluding carboxylic acids is 4. The lowest BCUT2D eigenvalue weighted by Crippen LogP contribution is -2.60. The number of aromatic hydroxyl groups is 1. The first-order valence-electron chi connectivity index (χ1n) is 16.3. The lowest BCUT2D eigenvalue weighted by Gasteiger charge is -2.51. The minimum atomic E-state index is -2.08. The van der Waals surface area contributed by atoms with Crippen LogP contribution in [0.5, 0.6) is 17.2 Å². The molecular formula is C37H35Cl2N5O7. The minimum Gasteiger partial charge on any atom is -0.507 e. The fourth-order valence-electron chi connectivity index (χ4n) is 8.08. The predicted molar refractivity (Wildman–Crippen MR) is 191 cm³/mol. The quantitative estimate of drug-likeness (QED) is 0.133. The number of azo groups is 1. The van der Waals surface area contributed by atoms with Crippen molar-refractivity contribution in [1.29, 1.82) is 0 Å². The number of nitrogens with zero attached hydrogens (tertiary/aromatic N) is 5. The molecule has 4 aliphatic rings. The molecule has 3 aromatic carbocycles. The molecule has 6 unspecified atom stereocenters. The molecule has 2 heterocycles. The molecule has 2 aliphatic carbocycles. The molecule has 2 saturated heterocycles. The smallest absolute Gasteiger partial charge is 0.253 e. The van der Waals surface area contributed by atoms with E-state index in [1.54, 1.807) is 30.3 Å². The second-order valence-electron chi connectivity index (χ2n) is 13.4. The number of phenols is 1. The minimum absolute atomic E-state index is 0.121. The molecule has 4 amide bonds. The molecular weight excluding hydrogens is 697 g/mol. The molecule has 1 saturated carbocycles. The number of amides is 4. The van der Waals surface area contributed by atoms with Gasteiger partial charge in [-0.2, -0.15) is 10.2 Å². The van der Waals surface area contributed by atoms with E-state index in [4.69, 9.17) is 32.7 Å². The van der Waals surface area contributed by atoms with Gasteiger partial charge in [-0.25, -0.2) is 0 Å². The molecule has 12 nitrogen and oxygen atoms in total. The topological polar surface area (TPSA) is 141 Å². The number of imide groups is 2. The van der Waals surface area contributed by atoms with E-state index >= 15 is 0 Å². The van der Waals surface area contributed by atoms with Crippen molar-refractivity contribution in [3.63, 3.8) is 0 Å². The van der Waals surface area contributed by atoms with Crippen LogP contribution in [0.15, 0.2) is 82.5 Å². The second kappa shape index (κ2) is 12.4. The second-order valence-corrected chi connectivity index (χ2v) is 14.6. The summed E-state index contributed by atoms with van der Waals surface area (Å²) in [6, 6.07) is 17.1. The highest BCUT2D eigenvalue weighted by Gasteiger charge is 2.76. The number of likely N-dealkylation sites (tertiary alicyclic amines) is 1. The Labute approximate surface area is 304 Å². The number of allylic oxidation sites excluding steroid dienone is 2. The van der Waals surface area contributed by atoms with Gasteiger partial charge >= 0.3 is 0 Å². The third-order valence-electron chi connectivity index (χ3n) is 10.6. The zero-order chi connectivity index (χ0) is 36.6. The molecule has 1 N–H and O–H groups in total. The summed E-state index contributed by atoms with van der Waals surface area (Å²) in [4.78, 5) is 56.0. The van der Waals surface area contributed by atoms with Gasteiger partial charge in [0.1, 0.15) is 17.2 Å². The number of fused-ring (bicyclic) bond motifs is 4. The van der Waals surface area contributed by atoms with Crippen LogP contribution < -0.4 is 19.3 Å². The summed E-state index contributed by atoms with van der Waals surface area (Å²) in [5.74, 6) is -5.84. The summed E-state index contributed by atoms with van der Waals surface area (Å²) < 4.78 is 11.0. The monoisotopic (exact) mass is 731 g/mol. The number of hydrogen-bond acceptors (Lipinski definition) is 10. The number of methoxy groups -OCH3 is 2. The summed E-state index contributed by atoms with van der Waals surface area (Å²) in [6.45, 7) is 0. The van der Waals surface area contributed by atoms with Crippen molar-refractivity contribution in [2.45, 2.75) is 28.5 Å². The van der Waals surface area contributed by atoms with Gasteiger partial charge in [-0.05, 0) is 67.3 Å². The number of hydrogen-bond donors (Lipinski definition) is 1. The van der Waals surface area contributed by atoms with Crippen molar-refractivity contribution in [2.24, 2.45) is 28.0 Å². The van der Waals surface area contributed by atoms with Gasteiger partial charge in [0.05, 0.1) is 43.1 Å². The van der Waals surface area contributed by atoms with Gasteiger partial charge in [0.15, 0.2) is 9.75 Å². The normalized spacial score (nSPS) is 28.5. The first kappa shape index (κ1) is 34.5.